The topological polar surface area (TPSA) is 93.5 Å². The lowest BCUT2D eigenvalue weighted by Gasteiger charge is -2.34. The van der Waals surface area contributed by atoms with E-state index in [0.29, 0.717) is 23.7 Å². The lowest BCUT2D eigenvalue weighted by molar-refractivity contribution is -0.127. The average molecular weight is 450 g/mol. The normalized spacial score (nSPS) is 14.9. The van der Waals surface area contributed by atoms with Gasteiger partial charge in [-0.3, -0.25) is 19.3 Å². The van der Waals surface area contributed by atoms with Crippen LogP contribution in [0.5, 0.6) is 5.75 Å². The van der Waals surface area contributed by atoms with E-state index in [-0.39, 0.29) is 23.8 Å². The summed E-state index contributed by atoms with van der Waals surface area (Å²) in [7, 11) is 0. The molecule has 0 saturated heterocycles. The molecule has 1 aliphatic heterocycles. The average Bonchev–Trinajstić information content (AvgIpc) is 2.82. The molecule has 9 heteroatoms. The highest BCUT2D eigenvalue weighted by Crippen LogP contribution is 2.33. The molecule has 0 bridgehead atoms. The van der Waals surface area contributed by atoms with Gasteiger partial charge in [0.25, 0.3) is 11.8 Å². The first-order valence-corrected chi connectivity index (χ1v) is 10.6. The fraction of sp³-hybridized carbons (Fsp3) is 0.250. The van der Waals surface area contributed by atoms with Crippen molar-refractivity contribution in [1.29, 1.82) is 0 Å². The zero-order chi connectivity index (χ0) is 23.5. The zero-order valence-electron chi connectivity index (χ0n) is 18.2. The molecule has 0 fully saturated rings. The summed E-state index contributed by atoms with van der Waals surface area (Å²) in [4.78, 5) is 40.1. The number of fused-ring (bicyclic) bond motifs is 1. The Bertz CT molecular complexity index is 1270. The minimum Gasteiger partial charge on any atom is -0.477 e. The molecule has 1 aromatic heterocycles. The molecule has 4 rings (SSSR count). The van der Waals surface area contributed by atoms with Crippen LogP contribution in [-0.4, -0.2) is 40.8 Å². The minimum absolute atomic E-state index is 0.0971. The molecule has 2 aromatic carbocycles. The third kappa shape index (κ3) is 4.34. The largest absolute Gasteiger partial charge is 0.477 e. The van der Waals surface area contributed by atoms with Crippen molar-refractivity contribution >= 4 is 17.5 Å². The monoisotopic (exact) mass is 450 g/mol. The van der Waals surface area contributed by atoms with E-state index in [0.717, 1.165) is 6.42 Å². The number of amides is 2. The van der Waals surface area contributed by atoms with Crippen LogP contribution in [0, 0.1) is 12.7 Å². The van der Waals surface area contributed by atoms with Crippen molar-refractivity contribution in [3.05, 3.63) is 82.0 Å². The number of rotatable bonds is 5. The van der Waals surface area contributed by atoms with E-state index in [9.17, 15) is 18.8 Å². The van der Waals surface area contributed by atoms with Crippen LogP contribution < -0.4 is 20.4 Å². The SMILES string of the molecule is CCCNC(=O)[C@@H]1CN(C(=O)c2nn(-c3ccccc3F)c(C)cc2=O)c2ccccc2O1. The highest BCUT2D eigenvalue weighted by atomic mass is 19.1. The van der Waals surface area contributed by atoms with Crippen LogP contribution in [-0.2, 0) is 4.79 Å². The van der Waals surface area contributed by atoms with Crippen molar-refractivity contribution in [3.8, 4) is 11.4 Å². The number of nitrogens with one attached hydrogen (secondary N) is 1. The maximum atomic E-state index is 14.4. The first-order valence-electron chi connectivity index (χ1n) is 10.6. The van der Waals surface area contributed by atoms with E-state index in [1.807, 2.05) is 6.92 Å². The highest BCUT2D eigenvalue weighted by molar-refractivity contribution is 6.06. The molecule has 0 unspecified atom stereocenters. The van der Waals surface area contributed by atoms with Gasteiger partial charge in [-0.25, -0.2) is 9.07 Å². The number of carbonyl (C=O) groups excluding carboxylic acids is 2. The standard InChI is InChI=1S/C24H23FN4O4/c1-3-12-26-23(31)21-14-28(18-10-6-7-11-20(18)33-21)24(32)22-19(30)13-15(2)29(27-22)17-9-5-4-8-16(17)25/h4-11,13,21H,3,12,14H2,1-2H3,(H,26,31)/t21-/m0/s1. The maximum Gasteiger partial charge on any atom is 0.283 e. The van der Waals surface area contributed by atoms with E-state index >= 15 is 0 Å². The van der Waals surface area contributed by atoms with Gasteiger partial charge >= 0.3 is 0 Å². The molecule has 2 amide bonds. The second kappa shape index (κ2) is 9.23. The van der Waals surface area contributed by atoms with E-state index in [4.69, 9.17) is 4.74 Å². The Kier molecular flexibility index (Phi) is 6.21. The lowest BCUT2D eigenvalue weighted by Crippen LogP contribution is -2.51. The van der Waals surface area contributed by atoms with Crippen molar-refractivity contribution in [3.63, 3.8) is 0 Å². The Morgan fingerprint density at radius 2 is 1.85 bits per heavy atom. The van der Waals surface area contributed by atoms with E-state index < -0.39 is 23.3 Å². The Morgan fingerprint density at radius 1 is 1.15 bits per heavy atom. The van der Waals surface area contributed by atoms with Crippen LogP contribution in [0.2, 0.25) is 0 Å². The fourth-order valence-electron chi connectivity index (χ4n) is 3.62. The van der Waals surface area contributed by atoms with Gasteiger partial charge in [0.1, 0.15) is 17.3 Å². The first kappa shape index (κ1) is 22.2. The molecular formula is C24H23FN4O4. The fourth-order valence-corrected chi connectivity index (χ4v) is 3.62. The molecule has 1 N–H and O–H groups in total. The van der Waals surface area contributed by atoms with Gasteiger partial charge in [0.15, 0.2) is 11.8 Å². The number of halogens is 1. The van der Waals surface area contributed by atoms with E-state index in [1.54, 1.807) is 37.3 Å². The third-order valence-electron chi connectivity index (χ3n) is 5.25. The number of aryl methyl sites for hydroxylation is 1. The Hall–Kier alpha value is -4.01. The summed E-state index contributed by atoms with van der Waals surface area (Å²) >= 11 is 0. The molecule has 170 valence electrons. The Balaban J connectivity index is 1.75. The van der Waals surface area contributed by atoms with Gasteiger partial charge in [0.05, 0.1) is 12.2 Å². The quantitative estimate of drug-likeness (QED) is 0.645. The molecule has 1 atom stereocenters. The zero-order valence-corrected chi connectivity index (χ0v) is 18.2. The smallest absolute Gasteiger partial charge is 0.283 e. The summed E-state index contributed by atoms with van der Waals surface area (Å²) in [6, 6.07) is 14.0. The van der Waals surface area contributed by atoms with Crippen molar-refractivity contribution in [2.45, 2.75) is 26.4 Å². The first-order chi connectivity index (χ1) is 15.9. The number of para-hydroxylation sites is 3. The third-order valence-corrected chi connectivity index (χ3v) is 5.25. The molecule has 2 heterocycles. The summed E-state index contributed by atoms with van der Waals surface area (Å²) in [5.74, 6) is -1.26. The minimum atomic E-state index is -0.949. The molecule has 1 aliphatic rings. The molecule has 0 radical (unpaired) electrons. The summed E-state index contributed by atoms with van der Waals surface area (Å²) in [5, 5.41) is 6.96. The second-order valence-electron chi connectivity index (χ2n) is 7.64. The van der Waals surface area contributed by atoms with Gasteiger partial charge in [-0.15, -0.1) is 0 Å². The van der Waals surface area contributed by atoms with Gasteiger partial charge in [-0.05, 0) is 37.6 Å². The number of benzene rings is 2. The van der Waals surface area contributed by atoms with Crippen LogP contribution in [0.1, 0.15) is 29.5 Å². The molecule has 0 spiro atoms. The van der Waals surface area contributed by atoms with Crippen molar-refractivity contribution < 1.29 is 18.7 Å². The predicted octanol–water partition coefficient (Wildman–Crippen LogP) is 2.61. The molecular weight excluding hydrogens is 427 g/mol. The van der Waals surface area contributed by atoms with Gasteiger partial charge in [0.2, 0.25) is 5.43 Å². The van der Waals surface area contributed by atoms with Crippen molar-refractivity contribution in [2.75, 3.05) is 18.0 Å². The number of hydrogen-bond acceptors (Lipinski definition) is 5. The number of aromatic nitrogens is 2. The van der Waals surface area contributed by atoms with Crippen LogP contribution in [0.25, 0.3) is 5.69 Å². The van der Waals surface area contributed by atoms with E-state index in [1.165, 1.54) is 33.8 Å². The van der Waals surface area contributed by atoms with Crippen LogP contribution in [0.4, 0.5) is 10.1 Å². The van der Waals surface area contributed by atoms with Crippen molar-refractivity contribution in [2.24, 2.45) is 0 Å². The number of carbonyl (C=O) groups is 2. The molecule has 0 aliphatic carbocycles. The van der Waals surface area contributed by atoms with Gasteiger partial charge in [-0.2, -0.15) is 5.10 Å². The molecule has 3 aromatic rings. The van der Waals surface area contributed by atoms with Gasteiger partial charge in [0, 0.05) is 18.3 Å². The second-order valence-corrected chi connectivity index (χ2v) is 7.64. The van der Waals surface area contributed by atoms with Crippen LogP contribution in [0.15, 0.2) is 59.4 Å². The van der Waals surface area contributed by atoms with Gasteiger partial charge < -0.3 is 10.1 Å². The molecule has 8 nitrogen and oxygen atoms in total. The van der Waals surface area contributed by atoms with Gasteiger partial charge in [-0.1, -0.05) is 31.2 Å². The number of nitrogens with zero attached hydrogens (tertiary/aromatic N) is 3. The van der Waals surface area contributed by atoms with Crippen LogP contribution in [0.3, 0.4) is 0 Å². The predicted molar refractivity (Wildman–Crippen MR) is 120 cm³/mol. The maximum absolute atomic E-state index is 14.4. The number of hydrogen-bond donors (Lipinski definition) is 1. The van der Waals surface area contributed by atoms with E-state index in [2.05, 4.69) is 10.4 Å². The molecule has 33 heavy (non-hydrogen) atoms. The van der Waals surface area contributed by atoms with Crippen molar-refractivity contribution in [1.82, 2.24) is 15.1 Å². The summed E-state index contributed by atoms with van der Waals surface area (Å²) < 4.78 is 21.4. The summed E-state index contributed by atoms with van der Waals surface area (Å²) in [6.07, 6.45) is -0.199. The highest BCUT2D eigenvalue weighted by Gasteiger charge is 2.35. The molecule has 0 saturated carbocycles. The number of anilines is 1. The Morgan fingerprint density at radius 3 is 2.58 bits per heavy atom. The number of ether oxygens (including phenoxy) is 1. The summed E-state index contributed by atoms with van der Waals surface area (Å²) in [5.41, 5.74) is -0.0697. The Labute approximate surface area is 189 Å². The lowest BCUT2D eigenvalue weighted by atomic mass is 10.1. The van der Waals surface area contributed by atoms with Crippen LogP contribution >= 0.6 is 0 Å². The summed E-state index contributed by atoms with van der Waals surface area (Å²) in [6.45, 7) is 3.91.